The Balaban J connectivity index is 1.91. The summed E-state index contributed by atoms with van der Waals surface area (Å²) in [6.45, 7) is 5.43. The SMILES string of the molecule is COCCCNc1nncc(Nc2ccc(OC(C)C)cc2)n1. The molecule has 2 aromatic rings. The van der Waals surface area contributed by atoms with E-state index in [0.29, 0.717) is 18.4 Å². The van der Waals surface area contributed by atoms with Crippen molar-refractivity contribution in [1.29, 1.82) is 0 Å². The molecule has 0 aliphatic rings. The Hall–Kier alpha value is -2.41. The van der Waals surface area contributed by atoms with Crippen molar-refractivity contribution in [2.45, 2.75) is 26.4 Å². The summed E-state index contributed by atoms with van der Waals surface area (Å²) in [7, 11) is 1.68. The van der Waals surface area contributed by atoms with Gasteiger partial charge in [-0.05, 0) is 44.5 Å². The molecule has 0 fully saturated rings. The van der Waals surface area contributed by atoms with E-state index in [4.69, 9.17) is 9.47 Å². The van der Waals surface area contributed by atoms with Gasteiger partial charge in [-0.2, -0.15) is 10.1 Å². The van der Waals surface area contributed by atoms with Crippen LogP contribution in [0.1, 0.15) is 20.3 Å². The quantitative estimate of drug-likeness (QED) is 0.688. The van der Waals surface area contributed by atoms with Crippen LogP contribution in [0.15, 0.2) is 30.5 Å². The molecule has 1 heterocycles. The van der Waals surface area contributed by atoms with Gasteiger partial charge in [0.1, 0.15) is 5.75 Å². The molecule has 0 unspecified atom stereocenters. The van der Waals surface area contributed by atoms with Crippen molar-refractivity contribution in [1.82, 2.24) is 15.2 Å². The first-order valence-electron chi connectivity index (χ1n) is 7.63. The number of hydrogen-bond donors (Lipinski definition) is 2. The fourth-order valence-corrected chi connectivity index (χ4v) is 1.89. The molecule has 2 rings (SSSR count). The Morgan fingerprint density at radius 1 is 1.17 bits per heavy atom. The summed E-state index contributed by atoms with van der Waals surface area (Å²) >= 11 is 0. The molecular weight excluding hydrogens is 294 g/mol. The van der Waals surface area contributed by atoms with Gasteiger partial charge in [0, 0.05) is 25.9 Å². The summed E-state index contributed by atoms with van der Waals surface area (Å²) < 4.78 is 10.6. The maximum atomic E-state index is 5.62. The van der Waals surface area contributed by atoms with Gasteiger partial charge < -0.3 is 20.1 Å². The molecule has 23 heavy (non-hydrogen) atoms. The van der Waals surface area contributed by atoms with Crippen LogP contribution in [0.5, 0.6) is 5.75 Å². The molecule has 0 amide bonds. The molecule has 0 spiro atoms. The van der Waals surface area contributed by atoms with Gasteiger partial charge in [-0.25, -0.2) is 0 Å². The average molecular weight is 317 g/mol. The molecule has 0 aliphatic heterocycles. The number of ether oxygens (including phenoxy) is 2. The van der Waals surface area contributed by atoms with E-state index < -0.39 is 0 Å². The van der Waals surface area contributed by atoms with E-state index in [-0.39, 0.29) is 6.10 Å². The van der Waals surface area contributed by atoms with Crippen LogP contribution in [0.2, 0.25) is 0 Å². The van der Waals surface area contributed by atoms with Crippen molar-refractivity contribution >= 4 is 17.5 Å². The highest BCUT2D eigenvalue weighted by atomic mass is 16.5. The van der Waals surface area contributed by atoms with Crippen molar-refractivity contribution in [2.75, 3.05) is 30.9 Å². The van der Waals surface area contributed by atoms with Crippen LogP contribution in [0.4, 0.5) is 17.5 Å². The van der Waals surface area contributed by atoms with E-state index in [1.807, 2.05) is 38.1 Å². The van der Waals surface area contributed by atoms with E-state index in [9.17, 15) is 0 Å². The summed E-state index contributed by atoms with van der Waals surface area (Å²) in [5, 5.41) is 14.2. The lowest BCUT2D eigenvalue weighted by Gasteiger charge is -2.11. The lowest BCUT2D eigenvalue weighted by Crippen LogP contribution is -2.09. The van der Waals surface area contributed by atoms with Crippen LogP contribution in [0.3, 0.4) is 0 Å². The maximum absolute atomic E-state index is 5.62. The van der Waals surface area contributed by atoms with Gasteiger partial charge in [-0.1, -0.05) is 0 Å². The molecule has 0 atom stereocenters. The topological polar surface area (TPSA) is 81.2 Å². The lowest BCUT2D eigenvalue weighted by atomic mass is 10.3. The van der Waals surface area contributed by atoms with E-state index in [0.717, 1.165) is 24.4 Å². The number of rotatable bonds is 9. The second-order valence-electron chi connectivity index (χ2n) is 5.25. The zero-order valence-electron chi connectivity index (χ0n) is 13.7. The smallest absolute Gasteiger partial charge is 0.244 e. The Morgan fingerprint density at radius 3 is 2.65 bits per heavy atom. The number of benzene rings is 1. The van der Waals surface area contributed by atoms with Crippen molar-refractivity contribution in [2.24, 2.45) is 0 Å². The molecule has 7 nitrogen and oxygen atoms in total. The minimum atomic E-state index is 0.159. The monoisotopic (exact) mass is 317 g/mol. The summed E-state index contributed by atoms with van der Waals surface area (Å²) in [6.07, 6.45) is 2.62. The summed E-state index contributed by atoms with van der Waals surface area (Å²) in [6, 6.07) is 7.71. The number of methoxy groups -OCH3 is 1. The average Bonchev–Trinajstić information content (AvgIpc) is 2.53. The molecular formula is C16H23N5O2. The zero-order chi connectivity index (χ0) is 16.5. The van der Waals surface area contributed by atoms with Crippen LogP contribution in [0.25, 0.3) is 0 Å². The van der Waals surface area contributed by atoms with Crippen LogP contribution in [-0.2, 0) is 4.74 Å². The Bertz CT molecular complexity index is 589. The van der Waals surface area contributed by atoms with Crippen LogP contribution in [0, 0.1) is 0 Å². The summed E-state index contributed by atoms with van der Waals surface area (Å²) in [4.78, 5) is 4.37. The van der Waals surface area contributed by atoms with Gasteiger partial charge in [0.25, 0.3) is 0 Å². The summed E-state index contributed by atoms with van der Waals surface area (Å²) in [5.74, 6) is 1.96. The highest BCUT2D eigenvalue weighted by Crippen LogP contribution is 2.19. The molecule has 7 heteroatoms. The van der Waals surface area contributed by atoms with E-state index in [1.165, 1.54) is 0 Å². The summed E-state index contributed by atoms with van der Waals surface area (Å²) in [5.41, 5.74) is 0.909. The number of nitrogens with one attached hydrogen (secondary N) is 2. The van der Waals surface area contributed by atoms with Crippen molar-refractivity contribution in [3.63, 3.8) is 0 Å². The first-order chi connectivity index (χ1) is 11.2. The Kier molecular flexibility index (Phi) is 6.56. The third kappa shape index (κ3) is 6.07. The maximum Gasteiger partial charge on any atom is 0.244 e. The molecule has 0 saturated carbocycles. The van der Waals surface area contributed by atoms with Gasteiger partial charge in [-0.15, -0.1) is 5.10 Å². The molecule has 2 N–H and O–H groups in total. The van der Waals surface area contributed by atoms with Crippen LogP contribution < -0.4 is 15.4 Å². The fourth-order valence-electron chi connectivity index (χ4n) is 1.89. The van der Waals surface area contributed by atoms with Crippen molar-refractivity contribution in [3.05, 3.63) is 30.5 Å². The second-order valence-corrected chi connectivity index (χ2v) is 5.25. The predicted molar refractivity (Wildman–Crippen MR) is 90.3 cm³/mol. The highest BCUT2D eigenvalue weighted by molar-refractivity contribution is 5.57. The van der Waals surface area contributed by atoms with Gasteiger partial charge >= 0.3 is 0 Å². The van der Waals surface area contributed by atoms with Crippen LogP contribution >= 0.6 is 0 Å². The molecule has 0 saturated heterocycles. The van der Waals surface area contributed by atoms with E-state index in [1.54, 1.807) is 13.3 Å². The molecule has 1 aromatic heterocycles. The third-order valence-electron chi connectivity index (χ3n) is 2.87. The van der Waals surface area contributed by atoms with Gasteiger partial charge in [0.15, 0.2) is 5.82 Å². The highest BCUT2D eigenvalue weighted by Gasteiger charge is 2.02. The number of nitrogens with zero attached hydrogens (tertiary/aromatic N) is 3. The van der Waals surface area contributed by atoms with Gasteiger partial charge in [0.05, 0.1) is 12.3 Å². The molecule has 1 aromatic carbocycles. The molecule has 0 bridgehead atoms. The minimum Gasteiger partial charge on any atom is -0.491 e. The van der Waals surface area contributed by atoms with Crippen molar-refractivity contribution in [3.8, 4) is 5.75 Å². The zero-order valence-corrected chi connectivity index (χ0v) is 13.7. The van der Waals surface area contributed by atoms with Gasteiger partial charge in [0.2, 0.25) is 5.95 Å². The van der Waals surface area contributed by atoms with Crippen molar-refractivity contribution < 1.29 is 9.47 Å². The number of hydrogen-bond acceptors (Lipinski definition) is 7. The Morgan fingerprint density at radius 2 is 1.96 bits per heavy atom. The molecule has 124 valence electrons. The fraction of sp³-hybridized carbons (Fsp3) is 0.438. The van der Waals surface area contributed by atoms with E-state index in [2.05, 4.69) is 25.8 Å². The molecule has 0 aliphatic carbocycles. The minimum absolute atomic E-state index is 0.159. The first-order valence-corrected chi connectivity index (χ1v) is 7.63. The third-order valence-corrected chi connectivity index (χ3v) is 2.87. The first kappa shape index (κ1) is 17.0. The number of anilines is 3. The standard InChI is InChI=1S/C16H23N5O2/c1-12(2)23-14-7-5-13(6-8-14)19-15-11-18-21-16(20-15)17-9-4-10-22-3/h5-8,11-12H,4,9-10H2,1-3H3,(H2,17,19,20,21). The van der Waals surface area contributed by atoms with Gasteiger partial charge in [-0.3, -0.25) is 0 Å². The lowest BCUT2D eigenvalue weighted by molar-refractivity contribution is 0.197. The normalized spacial score (nSPS) is 10.6. The Labute approximate surface area is 136 Å². The largest absolute Gasteiger partial charge is 0.491 e. The van der Waals surface area contributed by atoms with Crippen LogP contribution in [-0.4, -0.2) is 41.5 Å². The predicted octanol–water partition coefficient (Wildman–Crippen LogP) is 2.85. The number of aromatic nitrogens is 3. The van der Waals surface area contributed by atoms with E-state index >= 15 is 0 Å². The second kappa shape index (κ2) is 8.89. The molecule has 0 radical (unpaired) electrons.